The maximum absolute atomic E-state index is 10.8. The van der Waals surface area contributed by atoms with E-state index < -0.39 is 4.92 Å². The Kier molecular flexibility index (Phi) is 3.70. The fourth-order valence-electron chi connectivity index (χ4n) is 2.94. The molecule has 1 aromatic heterocycles. The van der Waals surface area contributed by atoms with Gasteiger partial charge >= 0.3 is 0 Å². The van der Waals surface area contributed by atoms with Crippen molar-refractivity contribution in [3.63, 3.8) is 0 Å². The molecule has 124 valence electrons. The third kappa shape index (κ3) is 2.97. The lowest BCUT2D eigenvalue weighted by Gasteiger charge is -2.30. The summed E-state index contributed by atoms with van der Waals surface area (Å²) in [6.45, 7) is 1.28. The lowest BCUT2D eigenvalue weighted by atomic mass is 10.0. The third-order valence-electron chi connectivity index (χ3n) is 4.14. The quantitative estimate of drug-likeness (QED) is 0.581. The van der Waals surface area contributed by atoms with Crippen molar-refractivity contribution in [2.45, 2.75) is 6.54 Å². The summed E-state index contributed by atoms with van der Waals surface area (Å²) in [6, 6.07) is 14.7. The zero-order chi connectivity index (χ0) is 17.2. The van der Waals surface area contributed by atoms with Crippen LogP contribution < -0.4 is 4.90 Å². The molecule has 2 aromatic carbocycles. The SMILES string of the molecule is O=[N+]([O-])c1ccc(CN2CC(c3nnn[nH]3)=Cc3ccccc32)cc1. The number of non-ortho nitro benzene ring substituents is 1. The molecule has 3 aromatic rings. The number of anilines is 1. The molecule has 0 saturated heterocycles. The second-order valence-corrected chi connectivity index (χ2v) is 5.76. The first-order valence-corrected chi connectivity index (χ1v) is 7.73. The lowest BCUT2D eigenvalue weighted by molar-refractivity contribution is -0.384. The molecule has 0 spiro atoms. The molecule has 1 N–H and O–H groups in total. The van der Waals surface area contributed by atoms with Crippen LogP contribution in [0.5, 0.6) is 0 Å². The number of nitrogens with one attached hydrogen (secondary N) is 1. The van der Waals surface area contributed by atoms with E-state index in [0.717, 1.165) is 22.4 Å². The maximum atomic E-state index is 10.8. The van der Waals surface area contributed by atoms with Crippen LogP contribution in [0.3, 0.4) is 0 Å². The van der Waals surface area contributed by atoms with Gasteiger partial charge in [-0.1, -0.05) is 30.3 Å². The smallest absolute Gasteiger partial charge is 0.269 e. The van der Waals surface area contributed by atoms with Crippen LogP contribution in [0.15, 0.2) is 48.5 Å². The monoisotopic (exact) mass is 334 g/mol. The molecule has 0 amide bonds. The van der Waals surface area contributed by atoms with E-state index in [0.29, 0.717) is 18.9 Å². The van der Waals surface area contributed by atoms with Gasteiger partial charge in [0.15, 0.2) is 5.82 Å². The summed E-state index contributed by atoms with van der Waals surface area (Å²) < 4.78 is 0. The summed E-state index contributed by atoms with van der Waals surface area (Å²) in [6.07, 6.45) is 2.07. The van der Waals surface area contributed by atoms with Crippen LogP contribution in [0.2, 0.25) is 0 Å². The standard InChI is InChI=1S/C17H14N6O2/c24-23(25)15-7-5-12(6-8-15)10-22-11-14(17-18-20-21-19-17)9-13-3-1-2-4-16(13)22/h1-9H,10-11H2,(H,18,19,20,21). The Bertz CT molecular complexity index is 934. The molecule has 25 heavy (non-hydrogen) atoms. The first-order valence-electron chi connectivity index (χ1n) is 7.73. The first kappa shape index (κ1) is 15.0. The summed E-state index contributed by atoms with van der Waals surface area (Å²) >= 11 is 0. The zero-order valence-electron chi connectivity index (χ0n) is 13.2. The normalized spacial score (nSPS) is 13.3. The lowest BCUT2D eigenvalue weighted by Crippen LogP contribution is -2.28. The van der Waals surface area contributed by atoms with Gasteiger partial charge in [0.1, 0.15) is 0 Å². The summed E-state index contributed by atoms with van der Waals surface area (Å²) in [5, 5.41) is 24.9. The van der Waals surface area contributed by atoms with E-state index in [1.54, 1.807) is 12.1 Å². The number of aromatic amines is 1. The Labute approximate surface area is 142 Å². The van der Waals surface area contributed by atoms with Gasteiger partial charge in [0.25, 0.3) is 5.69 Å². The Morgan fingerprint density at radius 2 is 1.96 bits per heavy atom. The van der Waals surface area contributed by atoms with E-state index in [-0.39, 0.29) is 5.69 Å². The molecule has 0 aliphatic carbocycles. The topological polar surface area (TPSA) is 101 Å². The number of aromatic nitrogens is 4. The first-order chi connectivity index (χ1) is 12.2. The number of rotatable bonds is 4. The summed E-state index contributed by atoms with van der Waals surface area (Å²) in [5.41, 5.74) is 4.28. The molecule has 4 rings (SSSR count). The van der Waals surface area contributed by atoms with Gasteiger partial charge in [-0.2, -0.15) is 0 Å². The van der Waals surface area contributed by atoms with Crippen LogP contribution in [-0.2, 0) is 6.54 Å². The van der Waals surface area contributed by atoms with Crippen LogP contribution in [-0.4, -0.2) is 32.1 Å². The fraction of sp³-hybridized carbons (Fsp3) is 0.118. The summed E-state index contributed by atoms with van der Waals surface area (Å²) in [4.78, 5) is 12.6. The number of nitro groups is 1. The highest BCUT2D eigenvalue weighted by molar-refractivity contribution is 5.89. The molecule has 0 bridgehead atoms. The molecular formula is C17H14N6O2. The van der Waals surface area contributed by atoms with Gasteiger partial charge in [-0.3, -0.25) is 10.1 Å². The van der Waals surface area contributed by atoms with E-state index >= 15 is 0 Å². The number of nitro benzene ring substituents is 1. The molecule has 0 unspecified atom stereocenters. The zero-order valence-corrected chi connectivity index (χ0v) is 13.2. The van der Waals surface area contributed by atoms with Crippen molar-refractivity contribution < 1.29 is 4.92 Å². The predicted octanol–water partition coefficient (Wildman–Crippen LogP) is 2.67. The number of hydrogen-bond donors (Lipinski definition) is 1. The van der Waals surface area contributed by atoms with E-state index in [2.05, 4.69) is 37.7 Å². The molecule has 2 heterocycles. The second kappa shape index (κ2) is 6.16. The number of nitrogens with zero attached hydrogens (tertiary/aromatic N) is 5. The van der Waals surface area contributed by atoms with Gasteiger partial charge in [0.05, 0.1) is 4.92 Å². The second-order valence-electron chi connectivity index (χ2n) is 5.76. The Morgan fingerprint density at radius 3 is 2.68 bits per heavy atom. The minimum atomic E-state index is -0.391. The molecule has 8 nitrogen and oxygen atoms in total. The van der Waals surface area contributed by atoms with Gasteiger partial charge in [-0.05, 0) is 33.7 Å². The number of fused-ring (bicyclic) bond motifs is 1. The fourth-order valence-corrected chi connectivity index (χ4v) is 2.94. The van der Waals surface area contributed by atoms with E-state index in [1.807, 2.05) is 18.2 Å². The third-order valence-corrected chi connectivity index (χ3v) is 4.14. The van der Waals surface area contributed by atoms with Gasteiger partial charge < -0.3 is 4.90 Å². The van der Waals surface area contributed by atoms with E-state index in [4.69, 9.17) is 0 Å². The molecule has 0 saturated carbocycles. The van der Waals surface area contributed by atoms with Gasteiger partial charge in [-0.15, -0.1) is 5.10 Å². The van der Waals surface area contributed by atoms with Gasteiger partial charge in [0, 0.05) is 36.5 Å². The van der Waals surface area contributed by atoms with Crippen LogP contribution in [0.25, 0.3) is 11.6 Å². The van der Waals surface area contributed by atoms with Crippen molar-refractivity contribution in [3.8, 4) is 0 Å². The van der Waals surface area contributed by atoms with Crippen molar-refractivity contribution in [2.24, 2.45) is 0 Å². The van der Waals surface area contributed by atoms with Crippen LogP contribution in [0.1, 0.15) is 17.0 Å². The molecular weight excluding hydrogens is 320 g/mol. The van der Waals surface area contributed by atoms with Crippen molar-refractivity contribution in [2.75, 3.05) is 11.4 Å². The van der Waals surface area contributed by atoms with Crippen molar-refractivity contribution in [1.29, 1.82) is 0 Å². The average Bonchev–Trinajstić information content (AvgIpc) is 3.17. The molecule has 1 aliphatic rings. The van der Waals surface area contributed by atoms with Crippen molar-refractivity contribution >= 4 is 23.0 Å². The van der Waals surface area contributed by atoms with E-state index in [1.165, 1.54) is 12.1 Å². The summed E-state index contributed by atoms with van der Waals surface area (Å²) in [5.74, 6) is 0.642. The van der Waals surface area contributed by atoms with Gasteiger partial charge in [-0.25, -0.2) is 5.10 Å². The van der Waals surface area contributed by atoms with Crippen LogP contribution in [0.4, 0.5) is 11.4 Å². The highest BCUT2D eigenvalue weighted by Gasteiger charge is 2.20. The number of H-pyrrole nitrogens is 1. The molecule has 0 atom stereocenters. The van der Waals surface area contributed by atoms with Crippen LogP contribution in [0, 0.1) is 10.1 Å². The number of hydrogen-bond acceptors (Lipinski definition) is 6. The highest BCUT2D eigenvalue weighted by atomic mass is 16.6. The molecule has 0 radical (unpaired) electrons. The Balaban J connectivity index is 1.65. The largest absolute Gasteiger partial charge is 0.362 e. The number of tetrazole rings is 1. The van der Waals surface area contributed by atoms with Crippen LogP contribution >= 0.6 is 0 Å². The predicted molar refractivity (Wildman–Crippen MR) is 92.6 cm³/mol. The minimum Gasteiger partial charge on any atom is -0.362 e. The number of benzene rings is 2. The Morgan fingerprint density at radius 1 is 1.16 bits per heavy atom. The van der Waals surface area contributed by atoms with Crippen molar-refractivity contribution in [1.82, 2.24) is 20.6 Å². The molecule has 1 aliphatic heterocycles. The van der Waals surface area contributed by atoms with Gasteiger partial charge in [0.2, 0.25) is 0 Å². The molecule has 0 fully saturated rings. The number of para-hydroxylation sites is 1. The highest BCUT2D eigenvalue weighted by Crippen LogP contribution is 2.32. The van der Waals surface area contributed by atoms with Crippen molar-refractivity contribution in [3.05, 3.63) is 75.6 Å². The molecule has 8 heteroatoms. The minimum absolute atomic E-state index is 0.0936. The maximum Gasteiger partial charge on any atom is 0.269 e. The Hall–Kier alpha value is -3.55. The van der Waals surface area contributed by atoms with E-state index in [9.17, 15) is 10.1 Å². The summed E-state index contributed by atoms with van der Waals surface area (Å²) in [7, 11) is 0. The average molecular weight is 334 g/mol.